The maximum Gasteiger partial charge on any atom is 0.205 e. The zero-order valence-electron chi connectivity index (χ0n) is 15.4. The summed E-state index contributed by atoms with van der Waals surface area (Å²) in [6.07, 6.45) is 0.965. The van der Waals surface area contributed by atoms with Crippen LogP contribution in [0, 0.1) is 16.7 Å². The molecule has 1 heterocycles. The molecule has 0 saturated heterocycles. The number of nitriles is 1. The number of methoxy groups -OCH3 is 2. The highest BCUT2D eigenvalue weighted by atomic mass is 16.5. The lowest BCUT2D eigenvalue weighted by Gasteiger charge is -2.37. The monoisotopic (exact) mass is 354 g/mol. The van der Waals surface area contributed by atoms with E-state index in [1.54, 1.807) is 32.4 Å². The molecule has 0 aromatic heterocycles. The molecule has 2 N–H and O–H groups in total. The second-order valence-electron chi connectivity index (χ2n) is 7.31. The number of benzene rings is 1. The first-order chi connectivity index (χ1) is 12.3. The molecule has 0 bridgehead atoms. The van der Waals surface area contributed by atoms with Crippen LogP contribution in [0.25, 0.3) is 0 Å². The minimum Gasteiger partial charge on any atom is -0.497 e. The first-order valence-electron chi connectivity index (χ1n) is 8.37. The van der Waals surface area contributed by atoms with E-state index in [9.17, 15) is 10.1 Å². The number of rotatable bonds is 3. The molecule has 0 spiro atoms. The van der Waals surface area contributed by atoms with Crippen LogP contribution >= 0.6 is 0 Å². The lowest BCUT2D eigenvalue weighted by atomic mass is 9.70. The quantitative estimate of drug-likeness (QED) is 0.896. The zero-order chi connectivity index (χ0) is 19.1. The normalized spacial score (nSPS) is 21.7. The molecule has 0 radical (unpaired) electrons. The molecule has 1 aromatic rings. The predicted molar refractivity (Wildman–Crippen MR) is 95.2 cm³/mol. The van der Waals surface area contributed by atoms with Gasteiger partial charge in [-0.25, -0.2) is 0 Å². The number of allylic oxidation sites excluding steroid dienone is 3. The van der Waals surface area contributed by atoms with Gasteiger partial charge in [0.05, 0.1) is 20.1 Å². The van der Waals surface area contributed by atoms with Gasteiger partial charge in [0.2, 0.25) is 5.88 Å². The van der Waals surface area contributed by atoms with Crippen molar-refractivity contribution in [1.29, 1.82) is 5.26 Å². The van der Waals surface area contributed by atoms with Crippen LogP contribution in [0.4, 0.5) is 0 Å². The summed E-state index contributed by atoms with van der Waals surface area (Å²) in [5.74, 6) is 1.07. The predicted octanol–water partition coefficient (Wildman–Crippen LogP) is 3.15. The minimum absolute atomic E-state index is 0.0339. The summed E-state index contributed by atoms with van der Waals surface area (Å²) < 4.78 is 16.5. The van der Waals surface area contributed by atoms with Gasteiger partial charge in [0, 0.05) is 24.0 Å². The van der Waals surface area contributed by atoms with Crippen LogP contribution in [0.1, 0.15) is 38.2 Å². The van der Waals surface area contributed by atoms with E-state index in [2.05, 4.69) is 6.07 Å². The number of ketones is 1. The fourth-order valence-electron chi connectivity index (χ4n) is 3.66. The molecule has 3 rings (SSSR count). The third-order valence-corrected chi connectivity index (χ3v) is 4.82. The van der Waals surface area contributed by atoms with Crippen LogP contribution in [-0.2, 0) is 9.53 Å². The van der Waals surface area contributed by atoms with Crippen molar-refractivity contribution >= 4 is 5.78 Å². The van der Waals surface area contributed by atoms with Gasteiger partial charge in [0.25, 0.3) is 0 Å². The molecule has 136 valence electrons. The van der Waals surface area contributed by atoms with E-state index in [0.29, 0.717) is 41.2 Å². The largest absolute Gasteiger partial charge is 0.497 e. The Morgan fingerprint density at radius 3 is 2.62 bits per heavy atom. The Labute approximate surface area is 152 Å². The fourth-order valence-corrected chi connectivity index (χ4v) is 3.66. The molecule has 1 aliphatic carbocycles. The molecule has 6 nitrogen and oxygen atoms in total. The molecular weight excluding hydrogens is 332 g/mol. The summed E-state index contributed by atoms with van der Waals surface area (Å²) in [6.45, 7) is 4.03. The first-order valence-corrected chi connectivity index (χ1v) is 8.37. The molecular formula is C20H22N2O4. The zero-order valence-corrected chi connectivity index (χ0v) is 15.4. The number of hydrogen-bond donors (Lipinski definition) is 1. The van der Waals surface area contributed by atoms with Crippen LogP contribution in [0.2, 0.25) is 0 Å². The van der Waals surface area contributed by atoms with E-state index in [1.807, 2.05) is 13.8 Å². The Morgan fingerprint density at radius 2 is 2.00 bits per heavy atom. The number of nitrogens with zero attached hydrogens (tertiary/aromatic N) is 1. The summed E-state index contributed by atoms with van der Waals surface area (Å²) in [4.78, 5) is 13.0. The standard InChI is InChI=1S/C20H22N2O4/c1-20(2)8-14(23)18-16(9-20)26-19(22)13(10-21)17(18)12-7-11(24-3)5-6-15(12)25-4/h5-7,17H,8-9,22H2,1-4H3. The number of carbonyl (C=O) groups excluding carboxylic acids is 1. The molecule has 26 heavy (non-hydrogen) atoms. The van der Waals surface area contributed by atoms with Crippen LogP contribution < -0.4 is 15.2 Å². The highest BCUT2D eigenvalue weighted by molar-refractivity contribution is 6.00. The topological polar surface area (TPSA) is 94.6 Å². The summed E-state index contributed by atoms with van der Waals surface area (Å²) in [5, 5.41) is 9.69. The smallest absolute Gasteiger partial charge is 0.205 e. The Kier molecular flexibility index (Phi) is 4.41. The van der Waals surface area contributed by atoms with E-state index in [4.69, 9.17) is 19.9 Å². The molecule has 1 atom stereocenters. The maximum absolute atomic E-state index is 13.0. The van der Waals surface area contributed by atoms with Crippen molar-refractivity contribution in [3.8, 4) is 17.6 Å². The molecule has 0 fully saturated rings. The maximum atomic E-state index is 13.0. The van der Waals surface area contributed by atoms with Crippen molar-refractivity contribution in [1.82, 2.24) is 0 Å². The second kappa shape index (κ2) is 6.41. The number of Topliss-reactive ketones (excluding diaryl/α,β-unsaturated/α-hetero) is 1. The van der Waals surface area contributed by atoms with Crippen molar-refractivity contribution < 1.29 is 19.0 Å². The Bertz CT molecular complexity index is 874. The summed E-state index contributed by atoms with van der Waals surface area (Å²) in [6, 6.07) is 7.41. The number of carbonyl (C=O) groups is 1. The third kappa shape index (κ3) is 2.90. The van der Waals surface area contributed by atoms with Crippen molar-refractivity contribution in [3.05, 3.63) is 46.6 Å². The van der Waals surface area contributed by atoms with Gasteiger partial charge in [-0.2, -0.15) is 5.26 Å². The average molecular weight is 354 g/mol. The minimum atomic E-state index is -0.627. The number of hydrogen-bond acceptors (Lipinski definition) is 6. The SMILES string of the molecule is COc1ccc(OC)c(C2C(C#N)=C(N)OC3=C2C(=O)CC(C)(C)C3)c1. The van der Waals surface area contributed by atoms with Crippen LogP contribution in [0.3, 0.4) is 0 Å². The molecule has 1 aliphatic heterocycles. The highest BCUT2D eigenvalue weighted by Crippen LogP contribution is 2.49. The van der Waals surface area contributed by atoms with Crippen LogP contribution in [-0.4, -0.2) is 20.0 Å². The Balaban J connectivity index is 2.25. The first kappa shape index (κ1) is 17.9. The van der Waals surface area contributed by atoms with Gasteiger partial charge in [-0.05, 0) is 23.6 Å². The molecule has 2 aliphatic rings. The van der Waals surface area contributed by atoms with Crippen LogP contribution in [0.5, 0.6) is 11.5 Å². The van der Waals surface area contributed by atoms with Crippen molar-refractivity contribution in [2.24, 2.45) is 11.1 Å². The second-order valence-corrected chi connectivity index (χ2v) is 7.31. The number of ether oxygens (including phenoxy) is 3. The van der Waals surface area contributed by atoms with Gasteiger partial charge in [0.1, 0.15) is 28.9 Å². The van der Waals surface area contributed by atoms with Gasteiger partial charge in [-0.1, -0.05) is 13.8 Å². The lowest BCUT2D eigenvalue weighted by Crippen LogP contribution is -2.33. The highest BCUT2D eigenvalue weighted by Gasteiger charge is 2.43. The van der Waals surface area contributed by atoms with Gasteiger partial charge >= 0.3 is 0 Å². The Morgan fingerprint density at radius 1 is 1.27 bits per heavy atom. The van der Waals surface area contributed by atoms with E-state index in [1.165, 1.54) is 0 Å². The third-order valence-electron chi connectivity index (χ3n) is 4.82. The van der Waals surface area contributed by atoms with E-state index >= 15 is 0 Å². The van der Waals surface area contributed by atoms with Gasteiger partial charge in [0.15, 0.2) is 5.78 Å². The summed E-state index contributed by atoms with van der Waals surface area (Å²) in [7, 11) is 3.11. The summed E-state index contributed by atoms with van der Waals surface area (Å²) >= 11 is 0. The van der Waals surface area contributed by atoms with Crippen LogP contribution in [0.15, 0.2) is 41.0 Å². The van der Waals surface area contributed by atoms with Crippen molar-refractivity contribution in [3.63, 3.8) is 0 Å². The molecule has 0 saturated carbocycles. The molecule has 0 amide bonds. The Hall–Kier alpha value is -2.94. The van der Waals surface area contributed by atoms with E-state index < -0.39 is 5.92 Å². The van der Waals surface area contributed by atoms with Crippen molar-refractivity contribution in [2.45, 2.75) is 32.6 Å². The fraction of sp³-hybridized carbons (Fsp3) is 0.400. The molecule has 1 aromatic carbocycles. The average Bonchev–Trinajstić information content (AvgIpc) is 2.58. The van der Waals surface area contributed by atoms with E-state index in [0.717, 1.165) is 0 Å². The molecule has 6 heteroatoms. The summed E-state index contributed by atoms with van der Waals surface area (Å²) in [5.41, 5.74) is 7.18. The number of nitrogens with two attached hydrogens (primary N) is 1. The van der Waals surface area contributed by atoms with Gasteiger partial charge in [-0.15, -0.1) is 0 Å². The van der Waals surface area contributed by atoms with Gasteiger partial charge in [-0.3, -0.25) is 4.79 Å². The van der Waals surface area contributed by atoms with E-state index in [-0.39, 0.29) is 22.7 Å². The van der Waals surface area contributed by atoms with Gasteiger partial charge < -0.3 is 19.9 Å². The molecule has 1 unspecified atom stereocenters. The lowest BCUT2D eigenvalue weighted by molar-refractivity contribution is -0.119. The van der Waals surface area contributed by atoms with Crippen molar-refractivity contribution in [2.75, 3.05) is 14.2 Å².